The van der Waals surface area contributed by atoms with Crippen LogP contribution in [0.5, 0.6) is 0 Å². The second kappa shape index (κ2) is 48.0. The summed E-state index contributed by atoms with van der Waals surface area (Å²) in [6.07, 6.45) is 62.6. The van der Waals surface area contributed by atoms with Crippen LogP contribution in [0, 0.1) is 0 Å². The first-order valence-electron chi connectivity index (χ1n) is 24.2. The number of allylic oxidation sites excluding steroid dienone is 16. The van der Waals surface area contributed by atoms with Gasteiger partial charge in [-0.2, -0.15) is 0 Å². The first-order chi connectivity index (χ1) is 29.5. The molecule has 0 saturated heterocycles. The predicted molar refractivity (Wildman–Crippen MR) is 256 cm³/mol. The Balaban J connectivity index is 4.41. The van der Waals surface area contributed by atoms with Crippen molar-refractivity contribution in [2.75, 3.05) is 13.2 Å². The number of esters is 3. The van der Waals surface area contributed by atoms with E-state index in [2.05, 4.69) is 118 Å². The van der Waals surface area contributed by atoms with Crippen molar-refractivity contribution in [1.29, 1.82) is 0 Å². The van der Waals surface area contributed by atoms with Gasteiger partial charge >= 0.3 is 17.9 Å². The topological polar surface area (TPSA) is 78.9 Å². The zero-order valence-corrected chi connectivity index (χ0v) is 38.7. The molecule has 0 aliphatic heterocycles. The van der Waals surface area contributed by atoms with Crippen molar-refractivity contribution in [2.45, 2.75) is 213 Å². The predicted octanol–water partition coefficient (Wildman–Crippen LogP) is 15.8. The third-order valence-corrected chi connectivity index (χ3v) is 9.80. The Kier molecular flexibility index (Phi) is 45.1. The summed E-state index contributed by atoms with van der Waals surface area (Å²) < 4.78 is 16.7. The van der Waals surface area contributed by atoms with Gasteiger partial charge < -0.3 is 14.2 Å². The fraction of sp³-hybridized carbons (Fsp3) is 0.648. The van der Waals surface area contributed by atoms with Gasteiger partial charge in [0.05, 0.1) is 0 Å². The summed E-state index contributed by atoms with van der Waals surface area (Å²) >= 11 is 0. The van der Waals surface area contributed by atoms with E-state index in [0.29, 0.717) is 19.3 Å². The Morgan fingerprint density at radius 2 is 0.683 bits per heavy atom. The summed E-state index contributed by atoms with van der Waals surface area (Å²) in [4.78, 5) is 37.7. The van der Waals surface area contributed by atoms with Gasteiger partial charge in [0.2, 0.25) is 0 Å². The lowest BCUT2D eigenvalue weighted by Crippen LogP contribution is -2.30. The molecule has 60 heavy (non-hydrogen) atoms. The van der Waals surface area contributed by atoms with Crippen LogP contribution in [-0.2, 0) is 28.6 Å². The molecule has 0 N–H and O–H groups in total. The quantitative estimate of drug-likeness (QED) is 0.0264. The number of hydrogen-bond acceptors (Lipinski definition) is 6. The molecule has 0 rings (SSSR count). The van der Waals surface area contributed by atoms with Crippen molar-refractivity contribution >= 4 is 17.9 Å². The number of rotatable bonds is 42. The Hall–Kier alpha value is -3.67. The molecule has 0 radical (unpaired) electrons. The molecule has 6 heteroatoms. The Morgan fingerprint density at radius 1 is 0.350 bits per heavy atom. The summed E-state index contributed by atoms with van der Waals surface area (Å²) in [7, 11) is 0. The summed E-state index contributed by atoms with van der Waals surface area (Å²) in [6.45, 7) is 6.36. The fourth-order valence-electron chi connectivity index (χ4n) is 6.19. The fourth-order valence-corrected chi connectivity index (χ4v) is 6.19. The van der Waals surface area contributed by atoms with Crippen LogP contribution in [0.2, 0.25) is 0 Å². The molecule has 0 amide bonds. The van der Waals surface area contributed by atoms with Gasteiger partial charge in [-0.25, -0.2) is 0 Å². The van der Waals surface area contributed by atoms with E-state index in [9.17, 15) is 14.4 Å². The molecule has 1 atom stereocenters. The highest BCUT2D eigenvalue weighted by Gasteiger charge is 2.19. The van der Waals surface area contributed by atoms with Gasteiger partial charge in [-0.3, -0.25) is 14.4 Å². The van der Waals surface area contributed by atoms with Crippen molar-refractivity contribution in [3.05, 3.63) is 97.2 Å². The minimum absolute atomic E-state index is 0.0978. The summed E-state index contributed by atoms with van der Waals surface area (Å²) in [5.74, 6) is -0.969. The lowest BCUT2D eigenvalue weighted by Gasteiger charge is -2.18. The highest BCUT2D eigenvalue weighted by atomic mass is 16.6. The first-order valence-corrected chi connectivity index (χ1v) is 24.2. The molecule has 0 spiro atoms. The van der Waals surface area contributed by atoms with E-state index >= 15 is 0 Å². The molecule has 0 aromatic heterocycles. The van der Waals surface area contributed by atoms with Gasteiger partial charge in [0.1, 0.15) is 13.2 Å². The second-order valence-corrected chi connectivity index (χ2v) is 15.6. The third kappa shape index (κ3) is 45.4. The highest BCUT2D eigenvalue weighted by Crippen LogP contribution is 2.13. The van der Waals surface area contributed by atoms with E-state index < -0.39 is 6.10 Å². The van der Waals surface area contributed by atoms with Crippen LogP contribution in [0.1, 0.15) is 207 Å². The van der Waals surface area contributed by atoms with Gasteiger partial charge in [0, 0.05) is 19.3 Å². The number of carbonyl (C=O) groups excluding carboxylic acids is 3. The Bertz CT molecular complexity index is 1230. The number of unbranched alkanes of at least 4 members (excludes halogenated alkanes) is 15. The summed E-state index contributed by atoms with van der Waals surface area (Å²) in [6, 6.07) is 0. The largest absolute Gasteiger partial charge is 0.462 e. The summed E-state index contributed by atoms with van der Waals surface area (Å²) in [5.41, 5.74) is 0. The van der Waals surface area contributed by atoms with E-state index in [-0.39, 0.29) is 31.1 Å². The zero-order chi connectivity index (χ0) is 43.7. The molecule has 0 aliphatic carbocycles. The van der Waals surface area contributed by atoms with Crippen molar-refractivity contribution in [3.8, 4) is 0 Å². The standard InChI is InChI=1S/C54H88O6/c1-4-7-10-13-16-19-21-23-24-25-26-27-28-29-30-32-33-35-38-41-44-47-53(56)59-50-51(49-58-52(55)46-43-40-37-18-15-12-9-6-3)60-54(57)48-45-42-39-36-34-31-22-20-17-14-11-8-5-2/h7,10-11,14,16,19-20,22-24,26-27,29-30,33,35,51H,4-6,8-9,12-13,15,17-18,21,25,28,31-32,34,36-50H2,1-3H3/b10-7-,14-11-,19-16-,22-20-,24-23-,27-26-,30-29-,35-33-. The molecular weight excluding hydrogens is 745 g/mol. The molecule has 340 valence electrons. The molecule has 1 unspecified atom stereocenters. The van der Waals surface area contributed by atoms with Crippen LogP contribution in [0.3, 0.4) is 0 Å². The molecule has 0 aliphatic rings. The normalized spacial score (nSPS) is 12.9. The van der Waals surface area contributed by atoms with Crippen LogP contribution in [0.25, 0.3) is 0 Å². The SMILES string of the molecule is CC/C=C\C/C=C\C/C=C\C/C=C\C/C=C\C/C=C\CCCCC(=O)OCC(COC(=O)CCCCCCCCCC)OC(=O)CCCCCCC/C=C\C/C=C\CCC. The molecular formula is C54H88O6. The highest BCUT2D eigenvalue weighted by molar-refractivity contribution is 5.71. The minimum Gasteiger partial charge on any atom is -0.462 e. The first kappa shape index (κ1) is 56.3. The third-order valence-electron chi connectivity index (χ3n) is 9.80. The van der Waals surface area contributed by atoms with Crippen LogP contribution in [0.4, 0.5) is 0 Å². The van der Waals surface area contributed by atoms with Crippen LogP contribution in [0.15, 0.2) is 97.2 Å². The average molecular weight is 833 g/mol. The van der Waals surface area contributed by atoms with Gasteiger partial charge in [-0.05, 0) is 96.3 Å². The lowest BCUT2D eigenvalue weighted by atomic mass is 10.1. The lowest BCUT2D eigenvalue weighted by molar-refractivity contribution is -0.167. The van der Waals surface area contributed by atoms with E-state index in [1.807, 2.05) is 0 Å². The van der Waals surface area contributed by atoms with Crippen LogP contribution in [-0.4, -0.2) is 37.2 Å². The van der Waals surface area contributed by atoms with Crippen molar-refractivity contribution in [2.24, 2.45) is 0 Å². The van der Waals surface area contributed by atoms with Crippen LogP contribution >= 0.6 is 0 Å². The maximum absolute atomic E-state index is 12.7. The summed E-state index contributed by atoms with van der Waals surface area (Å²) in [5, 5.41) is 0. The van der Waals surface area contributed by atoms with E-state index in [1.165, 1.54) is 38.5 Å². The zero-order valence-electron chi connectivity index (χ0n) is 38.7. The van der Waals surface area contributed by atoms with Gasteiger partial charge in [-0.15, -0.1) is 0 Å². The smallest absolute Gasteiger partial charge is 0.306 e. The van der Waals surface area contributed by atoms with Crippen molar-refractivity contribution in [1.82, 2.24) is 0 Å². The van der Waals surface area contributed by atoms with Gasteiger partial charge in [-0.1, -0.05) is 189 Å². The molecule has 0 aromatic carbocycles. The molecule has 0 saturated carbocycles. The number of hydrogen-bond donors (Lipinski definition) is 0. The average Bonchev–Trinajstić information content (AvgIpc) is 3.24. The van der Waals surface area contributed by atoms with Crippen molar-refractivity contribution < 1.29 is 28.6 Å². The number of ether oxygens (including phenoxy) is 3. The van der Waals surface area contributed by atoms with Crippen LogP contribution < -0.4 is 0 Å². The molecule has 0 bridgehead atoms. The molecule has 0 fully saturated rings. The molecule has 6 nitrogen and oxygen atoms in total. The Morgan fingerprint density at radius 3 is 1.12 bits per heavy atom. The number of carbonyl (C=O) groups is 3. The van der Waals surface area contributed by atoms with Gasteiger partial charge in [0.25, 0.3) is 0 Å². The second-order valence-electron chi connectivity index (χ2n) is 15.6. The van der Waals surface area contributed by atoms with Gasteiger partial charge in [0.15, 0.2) is 6.10 Å². The monoisotopic (exact) mass is 833 g/mol. The van der Waals surface area contributed by atoms with E-state index in [4.69, 9.17) is 14.2 Å². The van der Waals surface area contributed by atoms with E-state index in [1.54, 1.807) is 0 Å². The molecule has 0 aromatic rings. The minimum atomic E-state index is -0.800. The molecule has 0 heterocycles. The van der Waals surface area contributed by atoms with E-state index in [0.717, 1.165) is 128 Å². The maximum atomic E-state index is 12.7. The Labute approximate surface area is 368 Å². The maximum Gasteiger partial charge on any atom is 0.306 e. The van der Waals surface area contributed by atoms with Crippen molar-refractivity contribution in [3.63, 3.8) is 0 Å².